The molecule has 1 saturated heterocycles. The van der Waals surface area contributed by atoms with E-state index in [1.165, 1.54) is 12.8 Å². The third-order valence-electron chi connectivity index (χ3n) is 3.26. The van der Waals surface area contributed by atoms with Crippen LogP contribution in [0.1, 0.15) is 24.8 Å². The molecular formula is C14H19ClN2O. The first-order valence-electron chi connectivity index (χ1n) is 6.48. The summed E-state index contributed by atoms with van der Waals surface area (Å²) in [6, 6.07) is 7.99. The normalized spacial score (nSPS) is 18.8. The summed E-state index contributed by atoms with van der Waals surface area (Å²) in [6.45, 7) is 1.87. The van der Waals surface area contributed by atoms with Crippen molar-refractivity contribution in [3.05, 3.63) is 34.9 Å². The number of carbonyl (C=O) groups is 1. The van der Waals surface area contributed by atoms with Gasteiger partial charge in [0, 0.05) is 17.6 Å². The smallest absolute Gasteiger partial charge is 0.224 e. The van der Waals surface area contributed by atoms with Crippen LogP contribution in [0.25, 0.3) is 0 Å². The number of hydrogen-bond donors (Lipinski definition) is 2. The first kappa shape index (κ1) is 13.4. The summed E-state index contributed by atoms with van der Waals surface area (Å²) in [4.78, 5) is 11.7. The average molecular weight is 267 g/mol. The maximum absolute atomic E-state index is 11.7. The molecule has 0 aliphatic carbocycles. The summed E-state index contributed by atoms with van der Waals surface area (Å²) >= 11 is 5.80. The molecule has 2 N–H and O–H groups in total. The molecule has 1 atom stereocenters. The monoisotopic (exact) mass is 266 g/mol. The van der Waals surface area contributed by atoms with Gasteiger partial charge in [-0.25, -0.2) is 0 Å². The average Bonchev–Trinajstić information content (AvgIpc) is 2.85. The Hall–Kier alpha value is -1.06. The van der Waals surface area contributed by atoms with Gasteiger partial charge in [0.2, 0.25) is 5.91 Å². The number of carbonyl (C=O) groups excluding carboxylic acids is 1. The lowest BCUT2D eigenvalue weighted by atomic mass is 10.1. The second-order valence-electron chi connectivity index (χ2n) is 4.74. The van der Waals surface area contributed by atoms with Crippen molar-refractivity contribution in [2.45, 2.75) is 31.7 Å². The van der Waals surface area contributed by atoms with E-state index in [4.69, 9.17) is 11.6 Å². The molecule has 0 radical (unpaired) electrons. The number of benzene rings is 1. The first-order chi connectivity index (χ1) is 8.74. The largest absolute Gasteiger partial charge is 0.356 e. The topological polar surface area (TPSA) is 41.1 Å². The molecular weight excluding hydrogens is 248 g/mol. The molecule has 1 aromatic rings. The van der Waals surface area contributed by atoms with Crippen LogP contribution >= 0.6 is 11.6 Å². The van der Waals surface area contributed by atoms with Gasteiger partial charge in [-0.2, -0.15) is 0 Å². The minimum atomic E-state index is 0.0790. The van der Waals surface area contributed by atoms with Gasteiger partial charge in [-0.1, -0.05) is 23.7 Å². The van der Waals surface area contributed by atoms with Crippen LogP contribution in [-0.4, -0.2) is 25.0 Å². The van der Waals surface area contributed by atoms with Crippen molar-refractivity contribution in [1.82, 2.24) is 10.6 Å². The minimum Gasteiger partial charge on any atom is -0.356 e. The van der Waals surface area contributed by atoms with Crippen molar-refractivity contribution in [3.63, 3.8) is 0 Å². The SMILES string of the molecule is O=C(Cc1ccc(Cl)cc1)NCCC1CCCN1. The van der Waals surface area contributed by atoms with Gasteiger partial charge >= 0.3 is 0 Å². The van der Waals surface area contributed by atoms with Gasteiger partial charge in [0.05, 0.1) is 6.42 Å². The summed E-state index contributed by atoms with van der Waals surface area (Å²) in [5.41, 5.74) is 0.996. The highest BCUT2D eigenvalue weighted by Crippen LogP contribution is 2.10. The Kier molecular flexibility index (Phi) is 5.02. The van der Waals surface area contributed by atoms with Crippen molar-refractivity contribution < 1.29 is 4.79 Å². The van der Waals surface area contributed by atoms with Gasteiger partial charge in [0.1, 0.15) is 0 Å². The molecule has 1 aliphatic heterocycles. The highest BCUT2D eigenvalue weighted by Gasteiger charge is 2.13. The van der Waals surface area contributed by atoms with E-state index in [1.807, 2.05) is 24.3 Å². The van der Waals surface area contributed by atoms with Gasteiger partial charge in [-0.3, -0.25) is 4.79 Å². The van der Waals surface area contributed by atoms with E-state index in [0.717, 1.165) is 25.1 Å². The van der Waals surface area contributed by atoms with E-state index in [1.54, 1.807) is 0 Å². The lowest BCUT2D eigenvalue weighted by Crippen LogP contribution is -2.31. The maximum atomic E-state index is 11.7. The Bertz CT molecular complexity index is 385. The fourth-order valence-electron chi connectivity index (χ4n) is 2.24. The van der Waals surface area contributed by atoms with Crippen molar-refractivity contribution in [1.29, 1.82) is 0 Å². The lowest BCUT2D eigenvalue weighted by Gasteiger charge is -2.10. The molecule has 1 unspecified atom stereocenters. The molecule has 98 valence electrons. The van der Waals surface area contributed by atoms with Crippen molar-refractivity contribution in [2.75, 3.05) is 13.1 Å². The fraction of sp³-hybridized carbons (Fsp3) is 0.500. The highest BCUT2D eigenvalue weighted by atomic mass is 35.5. The van der Waals surface area contributed by atoms with Gasteiger partial charge < -0.3 is 10.6 Å². The van der Waals surface area contributed by atoms with E-state index < -0.39 is 0 Å². The fourth-order valence-corrected chi connectivity index (χ4v) is 2.37. The molecule has 0 bridgehead atoms. The second-order valence-corrected chi connectivity index (χ2v) is 5.17. The Labute approximate surface area is 113 Å². The zero-order chi connectivity index (χ0) is 12.8. The van der Waals surface area contributed by atoms with Crippen LogP contribution in [0, 0.1) is 0 Å². The predicted molar refractivity (Wildman–Crippen MR) is 73.8 cm³/mol. The van der Waals surface area contributed by atoms with E-state index in [2.05, 4.69) is 10.6 Å². The van der Waals surface area contributed by atoms with E-state index in [9.17, 15) is 4.79 Å². The Morgan fingerprint density at radius 2 is 2.17 bits per heavy atom. The van der Waals surface area contributed by atoms with Gasteiger partial charge in [0.15, 0.2) is 0 Å². The Morgan fingerprint density at radius 1 is 1.39 bits per heavy atom. The van der Waals surface area contributed by atoms with Crippen LogP contribution in [-0.2, 0) is 11.2 Å². The zero-order valence-corrected chi connectivity index (χ0v) is 11.2. The van der Waals surface area contributed by atoms with E-state index in [0.29, 0.717) is 17.5 Å². The third-order valence-corrected chi connectivity index (χ3v) is 3.51. The molecule has 1 aliphatic rings. The number of rotatable bonds is 5. The summed E-state index contributed by atoms with van der Waals surface area (Å²) in [5, 5.41) is 7.08. The van der Waals surface area contributed by atoms with Crippen LogP contribution in [0.3, 0.4) is 0 Å². The molecule has 0 saturated carbocycles. The Morgan fingerprint density at radius 3 is 2.83 bits per heavy atom. The van der Waals surface area contributed by atoms with Crippen molar-refractivity contribution in [2.24, 2.45) is 0 Å². The van der Waals surface area contributed by atoms with Crippen LogP contribution < -0.4 is 10.6 Å². The molecule has 3 nitrogen and oxygen atoms in total. The molecule has 1 heterocycles. The van der Waals surface area contributed by atoms with Crippen LogP contribution in [0.4, 0.5) is 0 Å². The van der Waals surface area contributed by atoms with Gasteiger partial charge in [0.25, 0.3) is 0 Å². The lowest BCUT2D eigenvalue weighted by molar-refractivity contribution is -0.120. The van der Waals surface area contributed by atoms with Gasteiger partial charge in [-0.05, 0) is 43.5 Å². The molecule has 0 aromatic heterocycles. The van der Waals surface area contributed by atoms with Crippen LogP contribution in [0.2, 0.25) is 5.02 Å². The number of nitrogens with one attached hydrogen (secondary N) is 2. The molecule has 1 aromatic carbocycles. The molecule has 0 spiro atoms. The zero-order valence-electron chi connectivity index (χ0n) is 10.4. The molecule has 1 fully saturated rings. The number of hydrogen-bond acceptors (Lipinski definition) is 2. The molecule has 18 heavy (non-hydrogen) atoms. The summed E-state index contributed by atoms with van der Waals surface area (Å²) in [5.74, 6) is 0.0790. The van der Waals surface area contributed by atoms with Gasteiger partial charge in [-0.15, -0.1) is 0 Å². The minimum absolute atomic E-state index is 0.0790. The van der Waals surface area contributed by atoms with Crippen molar-refractivity contribution >= 4 is 17.5 Å². The number of amides is 1. The molecule has 1 amide bonds. The standard InChI is InChI=1S/C14H19ClN2O/c15-12-5-3-11(4-6-12)10-14(18)17-9-7-13-2-1-8-16-13/h3-6,13,16H,1-2,7-10H2,(H,17,18). The second kappa shape index (κ2) is 6.76. The van der Waals surface area contributed by atoms with E-state index in [-0.39, 0.29) is 5.91 Å². The number of halogens is 1. The van der Waals surface area contributed by atoms with E-state index >= 15 is 0 Å². The Balaban J connectivity index is 1.66. The summed E-state index contributed by atoms with van der Waals surface area (Å²) < 4.78 is 0. The van der Waals surface area contributed by atoms with Crippen LogP contribution in [0.5, 0.6) is 0 Å². The van der Waals surface area contributed by atoms with Crippen molar-refractivity contribution in [3.8, 4) is 0 Å². The molecule has 4 heteroatoms. The predicted octanol–water partition coefficient (Wildman–Crippen LogP) is 2.14. The summed E-state index contributed by atoms with van der Waals surface area (Å²) in [7, 11) is 0. The third kappa shape index (κ3) is 4.31. The molecule has 2 rings (SSSR count). The summed E-state index contributed by atoms with van der Waals surface area (Å²) in [6.07, 6.45) is 3.93. The maximum Gasteiger partial charge on any atom is 0.224 e. The quantitative estimate of drug-likeness (QED) is 0.857. The first-order valence-corrected chi connectivity index (χ1v) is 6.86. The highest BCUT2D eigenvalue weighted by molar-refractivity contribution is 6.30. The van der Waals surface area contributed by atoms with Crippen LogP contribution in [0.15, 0.2) is 24.3 Å².